The van der Waals surface area contributed by atoms with Crippen molar-refractivity contribution in [1.82, 2.24) is 9.88 Å². The second-order valence-corrected chi connectivity index (χ2v) is 4.98. The molecule has 2 atom stereocenters. The molecule has 2 heterocycles. The van der Waals surface area contributed by atoms with Crippen molar-refractivity contribution in [2.24, 2.45) is 0 Å². The van der Waals surface area contributed by atoms with Crippen LogP contribution in [0.5, 0.6) is 0 Å². The average Bonchev–Trinajstić information content (AvgIpc) is 2.74. The van der Waals surface area contributed by atoms with E-state index in [9.17, 15) is 14.7 Å². The number of rotatable bonds is 2. The van der Waals surface area contributed by atoms with Gasteiger partial charge in [0.15, 0.2) is 0 Å². The molecule has 1 saturated heterocycles. The number of aliphatic hydroxyl groups is 1. The van der Waals surface area contributed by atoms with Crippen LogP contribution in [0.3, 0.4) is 0 Å². The summed E-state index contributed by atoms with van der Waals surface area (Å²) in [5, 5.41) is 18.7. The Bertz CT molecular complexity index is 537. The lowest BCUT2D eigenvalue weighted by molar-refractivity contribution is -0.141. The molecule has 0 aromatic carbocycles. The van der Waals surface area contributed by atoms with Crippen LogP contribution in [0.25, 0.3) is 0 Å². The monoisotopic (exact) mass is 304 g/mol. The molecule has 1 aromatic heterocycles. The van der Waals surface area contributed by atoms with Crippen molar-refractivity contribution in [1.29, 1.82) is 0 Å². The van der Waals surface area contributed by atoms with Gasteiger partial charge in [0.05, 0.1) is 16.7 Å². The summed E-state index contributed by atoms with van der Waals surface area (Å²) in [6, 6.07) is 0.209. The molecule has 0 radical (unpaired) electrons. The molecule has 0 spiro atoms. The fourth-order valence-electron chi connectivity index (χ4n) is 2.00. The molecule has 1 aliphatic heterocycles. The Morgan fingerprint density at radius 3 is 2.74 bits per heavy atom. The van der Waals surface area contributed by atoms with Gasteiger partial charge in [0.2, 0.25) is 0 Å². The summed E-state index contributed by atoms with van der Waals surface area (Å²) >= 11 is 11.5. The molecule has 19 heavy (non-hydrogen) atoms. The van der Waals surface area contributed by atoms with Gasteiger partial charge in [-0.05, 0) is 6.07 Å². The first-order valence-corrected chi connectivity index (χ1v) is 6.18. The van der Waals surface area contributed by atoms with Gasteiger partial charge in [0.1, 0.15) is 11.2 Å². The predicted octanol–water partition coefficient (Wildman–Crippen LogP) is 1.05. The number of aliphatic carboxylic acids is 1. The molecular formula is C11H10Cl2N2O4. The molecule has 2 rings (SSSR count). The number of amides is 1. The van der Waals surface area contributed by atoms with Crippen LogP contribution in [-0.4, -0.2) is 50.7 Å². The number of pyridine rings is 1. The normalized spacial score (nSPS) is 22.6. The van der Waals surface area contributed by atoms with Crippen molar-refractivity contribution in [3.63, 3.8) is 0 Å². The van der Waals surface area contributed by atoms with Crippen LogP contribution in [0.2, 0.25) is 10.2 Å². The van der Waals surface area contributed by atoms with Gasteiger partial charge in [0, 0.05) is 19.2 Å². The zero-order valence-electron chi connectivity index (χ0n) is 9.58. The number of aliphatic hydroxyl groups excluding tert-OH is 1. The van der Waals surface area contributed by atoms with Crippen molar-refractivity contribution in [3.05, 3.63) is 28.0 Å². The molecule has 2 N–H and O–H groups in total. The Balaban J connectivity index is 2.33. The highest BCUT2D eigenvalue weighted by atomic mass is 35.5. The van der Waals surface area contributed by atoms with Crippen LogP contribution >= 0.6 is 23.2 Å². The summed E-state index contributed by atoms with van der Waals surface area (Å²) < 4.78 is 0. The van der Waals surface area contributed by atoms with Crippen molar-refractivity contribution >= 4 is 35.1 Å². The molecule has 1 amide bonds. The van der Waals surface area contributed by atoms with E-state index >= 15 is 0 Å². The van der Waals surface area contributed by atoms with Crippen molar-refractivity contribution in [3.8, 4) is 0 Å². The maximum absolute atomic E-state index is 12.3. The number of carboxylic acid groups (broad SMARTS) is 1. The zero-order valence-corrected chi connectivity index (χ0v) is 11.1. The fourth-order valence-corrected chi connectivity index (χ4v) is 2.35. The minimum atomic E-state index is -1.17. The molecule has 1 fully saturated rings. The van der Waals surface area contributed by atoms with Gasteiger partial charge in [-0.3, -0.25) is 4.79 Å². The maximum atomic E-state index is 12.3. The van der Waals surface area contributed by atoms with E-state index in [4.69, 9.17) is 28.3 Å². The van der Waals surface area contributed by atoms with Gasteiger partial charge in [-0.25, -0.2) is 9.78 Å². The van der Waals surface area contributed by atoms with E-state index in [1.807, 2.05) is 0 Å². The van der Waals surface area contributed by atoms with E-state index in [0.29, 0.717) is 0 Å². The number of hydrogen-bond donors (Lipinski definition) is 2. The number of halogens is 2. The average molecular weight is 305 g/mol. The molecule has 1 aromatic rings. The van der Waals surface area contributed by atoms with Gasteiger partial charge < -0.3 is 15.1 Å². The minimum Gasteiger partial charge on any atom is -0.480 e. The molecule has 0 aliphatic carbocycles. The Kier molecular flexibility index (Phi) is 3.93. The smallest absolute Gasteiger partial charge is 0.326 e. The summed E-state index contributed by atoms with van der Waals surface area (Å²) in [5.74, 6) is -1.75. The third kappa shape index (κ3) is 2.80. The predicted molar refractivity (Wildman–Crippen MR) is 67.3 cm³/mol. The highest BCUT2D eigenvalue weighted by Crippen LogP contribution is 2.25. The van der Waals surface area contributed by atoms with Crippen LogP contribution in [0.4, 0.5) is 0 Å². The summed E-state index contributed by atoms with van der Waals surface area (Å²) in [5.41, 5.74) is 0.0713. The first-order chi connectivity index (χ1) is 8.90. The molecular weight excluding hydrogens is 295 g/mol. The van der Waals surface area contributed by atoms with Gasteiger partial charge in [-0.15, -0.1) is 0 Å². The zero-order chi connectivity index (χ0) is 14.2. The topological polar surface area (TPSA) is 90.7 Å². The highest BCUT2D eigenvalue weighted by molar-refractivity contribution is 6.35. The standard InChI is InChI=1S/C11H10Cl2N2O4/c12-7-3-14-9(13)2-6(7)10(17)15-4-5(16)1-8(15)11(18)19/h2-3,5,8,16H,1,4H2,(H,18,19)/t5-,8-/m0/s1. The minimum absolute atomic E-state index is 0.00247. The van der Waals surface area contributed by atoms with E-state index in [2.05, 4.69) is 4.98 Å². The van der Waals surface area contributed by atoms with E-state index < -0.39 is 24.0 Å². The quantitative estimate of drug-likeness (QED) is 0.797. The van der Waals surface area contributed by atoms with Crippen LogP contribution in [0, 0.1) is 0 Å². The third-order valence-electron chi connectivity index (χ3n) is 2.88. The number of carbonyl (C=O) groups is 2. The van der Waals surface area contributed by atoms with Crippen molar-refractivity contribution in [2.75, 3.05) is 6.54 Å². The lowest BCUT2D eigenvalue weighted by Crippen LogP contribution is -2.40. The Morgan fingerprint density at radius 2 is 2.11 bits per heavy atom. The molecule has 0 saturated carbocycles. The highest BCUT2D eigenvalue weighted by Gasteiger charge is 2.39. The van der Waals surface area contributed by atoms with Crippen molar-refractivity contribution in [2.45, 2.75) is 18.6 Å². The van der Waals surface area contributed by atoms with E-state index in [1.165, 1.54) is 12.3 Å². The number of hydrogen-bond acceptors (Lipinski definition) is 4. The Morgan fingerprint density at radius 1 is 1.42 bits per heavy atom. The van der Waals surface area contributed by atoms with E-state index in [1.54, 1.807) is 0 Å². The summed E-state index contributed by atoms with van der Waals surface area (Å²) in [6.07, 6.45) is 0.359. The summed E-state index contributed by atoms with van der Waals surface area (Å²) in [6.45, 7) is -0.0495. The Hall–Kier alpha value is -1.37. The number of likely N-dealkylation sites (tertiary alicyclic amines) is 1. The van der Waals surface area contributed by atoms with Crippen LogP contribution in [-0.2, 0) is 4.79 Å². The number of carboxylic acids is 1. The maximum Gasteiger partial charge on any atom is 0.326 e. The molecule has 8 heteroatoms. The lowest BCUT2D eigenvalue weighted by atomic mass is 10.2. The van der Waals surface area contributed by atoms with Gasteiger partial charge in [-0.1, -0.05) is 23.2 Å². The second-order valence-electron chi connectivity index (χ2n) is 4.19. The van der Waals surface area contributed by atoms with E-state index in [0.717, 1.165) is 4.90 Å². The van der Waals surface area contributed by atoms with Gasteiger partial charge in [-0.2, -0.15) is 0 Å². The number of β-amino-alcohol motifs (C(OH)–C–C–N with tert-alkyl or cyclic N) is 1. The summed E-state index contributed by atoms with van der Waals surface area (Å²) in [7, 11) is 0. The largest absolute Gasteiger partial charge is 0.480 e. The molecule has 102 valence electrons. The van der Waals surface area contributed by atoms with Crippen LogP contribution in [0.1, 0.15) is 16.8 Å². The van der Waals surface area contributed by atoms with E-state index in [-0.39, 0.29) is 28.7 Å². The molecule has 0 unspecified atom stereocenters. The summed E-state index contributed by atoms with van der Waals surface area (Å²) in [4.78, 5) is 28.1. The fraction of sp³-hybridized carbons (Fsp3) is 0.364. The van der Waals surface area contributed by atoms with Crippen LogP contribution < -0.4 is 0 Å². The SMILES string of the molecule is O=C(O)[C@@H]1C[C@H](O)CN1C(=O)c1cc(Cl)ncc1Cl. The van der Waals surface area contributed by atoms with Crippen LogP contribution in [0.15, 0.2) is 12.3 Å². The van der Waals surface area contributed by atoms with Gasteiger partial charge in [0.25, 0.3) is 5.91 Å². The number of carbonyl (C=O) groups excluding carboxylic acids is 1. The van der Waals surface area contributed by atoms with Gasteiger partial charge >= 0.3 is 5.97 Å². The molecule has 0 bridgehead atoms. The second kappa shape index (κ2) is 5.32. The molecule has 6 nitrogen and oxygen atoms in total. The van der Waals surface area contributed by atoms with Crippen molar-refractivity contribution < 1.29 is 19.8 Å². The first kappa shape index (κ1) is 14.0. The lowest BCUT2D eigenvalue weighted by Gasteiger charge is -2.21. The number of nitrogens with zero attached hydrogens (tertiary/aromatic N) is 2. The Labute approximate surface area is 118 Å². The number of aromatic nitrogens is 1. The third-order valence-corrected chi connectivity index (χ3v) is 3.39. The molecule has 1 aliphatic rings. The first-order valence-electron chi connectivity index (χ1n) is 5.43.